The number of hydrogen-bond acceptors (Lipinski definition) is 6. The summed E-state index contributed by atoms with van der Waals surface area (Å²) in [6.07, 6.45) is 1.14. The third kappa shape index (κ3) is 7.33. The van der Waals surface area contributed by atoms with Crippen LogP contribution < -0.4 is 19.7 Å². The molecule has 0 atom stereocenters. The minimum atomic E-state index is -3.71. The number of amides is 2. The van der Waals surface area contributed by atoms with Crippen molar-refractivity contribution in [2.75, 3.05) is 24.2 Å². The van der Waals surface area contributed by atoms with Gasteiger partial charge >= 0.3 is 0 Å². The Morgan fingerprint density at radius 1 is 0.872 bits per heavy atom. The Morgan fingerprint density at radius 3 is 2.09 bits per heavy atom. The average Bonchev–Trinajstić information content (AvgIpc) is 3.39. The molecule has 1 aromatic heterocycles. The number of fused-ring (bicyclic) bond motifs is 1. The molecular weight excluding hydrogens is 614 g/mol. The van der Waals surface area contributed by atoms with Gasteiger partial charge in [0.15, 0.2) is 0 Å². The minimum Gasteiger partial charge on any atom is -0.457 e. The number of ether oxygens (including phenoxy) is 1. The second kappa shape index (κ2) is 13.0. The number of furan rings is 1. The van der Waals surface area contributed by atoms with E-state index in [9.17, 15) is 18.0 Å². The topological polar surface area (TPSA) is 118 Å². The van der Waals surface area contributed by atoms with E-state index in [2.05, 4.69) is 10.6 Å². The van der Waals surface area contributed by atoms with Gasteiger partial charge in [-0.15, -0.1) is 0 Å². The van der Waals surface area contributed by atoms with Crippen LogP contribution in [-0.4, -0.2) is 45.6 Å². The smallest absolute Gasteiger partial charge is 0.255 e. The summed E-state index contributed by atoms with van der Waals surface area (Å²) in [6.45, 7) is 9.59. The number of rotatable bonds is 9. The van der Waals surface area contributed by atoms with E-state index in [-0.39, 0.29) is 18.4 Å². The van der Waals surface area contributed by atoms with Crippen LogP contribution in [0.4, 0.5) is 5.69 Å². The number of carbonyl (C=O) groups is 2. The van der Waals surface area contributed by atoms with Gasteiger partial charge in [-0.2, -0.15) is 0 Å². The predicted molar refractivity (Wildman–Crippen MR) is 187 cm³/mol. The van der Waals surface area contributed by atoms with Crippen molar-refractivity contribution in [2.24, 2.45) is 0 Å². The van der Waals surface area contributed by atoms with Crippen molar-refractivity contribution < 1.29 is 27.2 Å². The zero-order chi connectivity index (χ0) is 34.1. The highest BCUT2D eigenvalue weighted by atomic mass is 32.2. The molecule has 0 aliphatic rings. The highest BCUT2D eigenvalue weighted by Crippen LogP contribution is 2.42. The van der Waals surface area contributed by atoms with E-state index < -0.39 is 15.6 Å². The number of aryl methyl sites for hydroxylation is 1. The van der Waals surface area contributed by atoms with E-state index in [0.29, 0.717) is 61.7 Å². The van der Waals surface area contributed by atoms with Crippen LogP contribution in [0.5, 0.6) is 11.5 Å². The fourth-order valence-electron chi connectivity index (χ4n) is 5.36. The van der Waals surface area contributed by atoms with Gasteiger partial charge in [-0.05, 0) is 94.8 Å². The molecule has 0 aliphatic carbocycles. The number of anilines is 1. The van der Waals surface area contributed by atoms with Crippen molar-refractivity contribution in [3.8, 4) is 33.9 Å². The lowest BCUT2D eigenvalue weighted by Gasteiger charge is -2.24. The first-order valence-corrected chi connectivity index (χ1v) is 17.1. The lowest BCUT2D eigenvalue weighted by atomic mass is 9.97. The molecule has 0 saturated carbocycles. The molecule has 0 radical (unpaired) electrons. The van der Waals surface area contributed by atoms with Crippen LogP contribution in [0.3, 0.4) is 0 Å². The molecule has 5 rings (SSSR count). The summed E-state index contributed by atoms with van der Waals surface area (Å²) in [5, 5.41) is 6.17. The fraction of sp³-hybridized carbons (Fsp3) is 0.243. The lowest BCUT2D eigenvalue weighted by molar-refractivity contribution is 0.0918. The van der Waals surface area contributed by atoms with E-state index in [1.165, 1.54) is 4.31 Å². The van der Waals surface area contributed by atoms with Crippen LogP contribution in [0, 0.1) is 6.92 Å². The first-order chi connectivity index (χ1) is 22.2. The maximum absolute atomic E-state index is 13.4. The number of nitrogens with zero attached hydrogens (tertiary/aromatic N) is 1. The van der Waals surface area contributed by atoms with Crippen molar-refractivity contribution in [3.05, 3.63) is 102 Å². The van der Waals surface area contributed by atoms with Gasteiger partial charge in [-0.25, -0.2) is 8.42 Å². The zero-order valence-electron chi connectivity index (χ0n) is 27.6. The summed E-state index contributed by atoms with van der Waals surface area (Å²) in [5.41, 5.74) is 3.85. The van der Waals surface area contributed by atoms with Crippen molar-refractivity contribution >= 4 is 38.5 Å². The molecular formula is C37H39N3O6S. The van der Waals surface area contributed by atoms with Gasteiger partial charge in [0.25, 0.3) is 11.8 Å². The quantitative estimate of drug-likeness (QED) is 0.170. The van der Waals surface area contributed by atoms with Crippen LogP contribution in [-0.2, 0) is 10.0 Å². The summed E-state index contributed by atoms with van der Waals surface area (Å²) >= 11 is 0. The minimum absolute atomic E-state index is 0.153. The fourth-order valence-corrected chi connectivity index (χ4v) is 6.34. The Hall–Kier alpha value is -5.09. The monoisotopic (exact) mass is 653 g/mol. The molecule has 2 amide bonds. The Balaban J connectivity index is 1.68. The van der Waals surface area contributed by atoms with E-state index in [1.807, 2.05) is 70.2 Å². The molecule has 0 saturated heterocycles. The Labute approximate surface area is 275 Å². The van der Waals surface area contributed by atoms with Gasteiger partial charge in [0, 0.05) is 47.3 Å². The molecule has 4 aromatic carbocycles. The Morgan fingerprint density at radius 2 is 1.51 bits per heavy atom. The number of nitrogens with one attached hydrogen (secondary N) is 2. The largest absolute Gasteiger partial charge is 0.457 e. The molecule has 47 heavy (non-hydrogen) atoms. The Kier molecular flexibility index (Phi) is 9.18. The SMILES string of the molecule is CCN(c1cc2oc(-c3ccc(Oc4ccc(C)cc4)cc3)c(C(=O)NC)c2cc1-c1cccc(C(=O)NC(C)(C)C)c1)S(C)(=O)=O. The van der Waals surface area contributed by atoms with Crippen molar-refractivity contribution in [3.63, 3.8) is 0 Å². The summed E-state index contributed by atoms with van der Waals surface area (Å²) in [5.74, 6) is 1.01. The number of benzene rings is 4. The molecule has 244 valence electrons. The highest BCUT2D eigenvalue weighted by molar-refractivity contribution is 7.92. The van der Waals surface area contributed by atoms with E-state index in [1.54, 1.807) is 56.4 Å². The van der Waals surface area contributed by atoms with E-state index >= 15 is 0 Å². The van der Waals surface area contributed by atoms with Crippen LogP contribution >= 0.6 is 0 Å². The van der Waals surface area contributed by atoms with Crippen LogP contribution in [0.1, 0.15) is 54.0 Å². The van der Waals surface area contributed by atoms with Gasteiger partial charge in [-0.1, -0.05) is 29.8 Å². The molecule has 0 fully saturated rings. The van der Waals surface area contributed by atoms with Gasteiger partial charge < -0.3 is 19.8 Å². The zero-order valence-corrected chi connectivity index (χ0v) is 28.4. The van der Waals surface area contributed by atoms with Crippen LogP contribution in [0.15, 0.2) is 89.3 Å². The van der Waals surface area contributed by atoms with E-state index in [4.69, 9.17) is 9.15 Å². The van der Waals surface area contributed by atoms with Crippen molar-refractivity contribution in [2.45, 2.75) is 40.2 Å². The highest BCUT2D eigenvalue weighted by Gasteiger charge is 2.27. The second-order valence-electron chi connectivity index (χ2n) is 12.4. The summed E-state index contributed by atoms with van der Waals surface area (Å²) in [7, 11) is -2.17. The number of carbonyl (C=O) groups excluding carboxylic acids is 2. The first-order valence-electron chi connectivity index (χ1n) is 15.3. The third-order valence-corrected chi connectivity index (χ3v) is 8.77. The molecule has 0 unspecified atom stereocenters. The predicted octanol–water partition coefficient (Wildman–Crippen LogP) is 7.54. The summed E-state index contributed by atoms with van der Waals surface area (Å²) in [6, 6.07) is 25.3. The molecule has 5 aromatic rings. The van der Waals surface area contributed by atoms with Crippen LogP contribution in [0.25, 0.3) is 33.4 Å². The van der Waals surface area contributed by atoms with Gasteiger partial charge in [0.2, 0.25) is 10.0 Å². The standard InChI is InChI=1S/C37H39N3O6S/c1-8-40(47(7,43)44)31-22-32-30(21-29(31)25-10-9-11-26(20-25)35(41)39-37(3,4)5)33(36(42)38-6)34(46-32)24-14-18-28(19-15-24)45-27-16-12-23(2)13-17-27/h9-22H,8H2,1-7H3,(H,38,42)(H,39,41). The van der Waals surface area contributed by atoms with Crippen molar-refractivity contribution in [1.29, 1.82) is 0 Å². The molecule has 2 N–H and O–H groups in total. The van der Waals surface area contributed by atoms with Crippen molar-refractivity contribution in [1.82, 2.24) is 10.6 Å². The molecule has 0 bridgehead atoms. The Bertz CT molecular complexity index is 2060. The van der Waals surface area contributed by atoms with Gasteiger partial charge in [-0.3, -0.25) is 13.9 Å². The second-order valence-corrected chi connectivity index (χ2v) is 14.3. The average molecular weight is 654 g/mol. The molecule has 1 heterocycles. The number of sulfonamides is 1. The third-order valence-electron chi connectivity index (χ3n) is 7.51. The molecule has 10 heteroatoms. The molecule has 0 aliphatic heterocycles. The number of hydrogen-bond donors (Lipinski definition) is 2. The molecule has 9 nitrogen and oxygen atoms in total. The van der Waals surface area contributed by atoms with Gasteiger partial charge in [0.1, 0.15) is 22.8 Å². The molecule has 0 spiro atoms. The maximum Gasteiger partial charge on any atom is 0.255 e. The lowest BCUT2D eigenvalue weighted by Crippen LogP contribution is -2.40. The summed E-state index contributed by atoms with van der Waals surface area (Å²) < 4.78 is 39.6. The van der Waals surface area contributed by atoms with Crippen LogP contribution in [0.2, 0.25) is 0 Å². The van der Waals surface area contributed by atoms with Gasteiger partial charge in [0.05, 0.1) is 17.5 Å². The maximum atomic E-state index is 13.4. The normalized spacial score (nSPS) is 11.7. The summed E-state index contributed by atoms with van der Waals surface area (Å²) in [4.78, 5) is 26.5. The first kappa shape index (κ1) is 33.3. The van der Waals surface area contributed by atoms with E-state index in [0.717, 1.165) is 11.8 Å².